The van der Waals surface area contributed by atoms with Gasteiger partial charge in [0.1, 0.15) is 0 Å². The van der Waals surface area contributed by atoms with E-state index >= 15 is 0 Å². The maximum atomic E-state index is 12.7. The number of piperidine rings is 2. The van der Waals surface area contributed by atoms with Crippen molar-refractivity contribution in [3.8, 4) is 0 Å². The summed E-state index contributed by atoms with van der Waals surface area (Å²) in [6.07, 6.45) is 8.61. The lowest BCUT2D eigenvalue weighted by molar-refractivity contribution is -0.127. The zero-order valence-corrected chi connectivity index (χ0v) is 16.4. The van der Waals surface area contributed by atoms with E-state index in [-0.39, 0.29) is 17.7 Å². The predicted molar refractivity (Wildman–Crippen MR) is 103 cm³/mol. The van der Waals surface area contributed by atoms with Crippen LogP contribution in [0.15, 0.2) is 10.6 Å². The van der Waals surface area contributed by atoms with Crippen LogP contribution >= 0.6 is 0 Å². The standard InChI is InChI=1S/C21H30N4O3/c26-20(22-16-5-6-16)15-2-1-9-25(13-15)17-7-10-24(11-8-17)21(27)19-12-18(23-28-19)14-3-4-14/h12,14-17H,1-11,13H2,(H,22,26). The van der Waals surface area contributed by atoms with Gasteiger partial charge in [0.25, 0.3) is 5.91 Å². The molecule has 1 unspecified atom stereocenters. The summed E-state index contributed by atoms with van der Waals surface area (Å²) in [6, 6.07) is 2.74. The molecule has 1 N–H and O–H groups in total. The Morgan fingerprint density at radius 3 is 2.54 bits per heavy atom. The van der Waals surface area contributed by atoms with Crippen molar-refractivity contribution >= 4 is 11.8 Å². The number of likely N-dealkylation sites (tertiary alicyclic amines) is 2. The first-order valence-corrected chi connectivity index (χ1v) is 11.0. The van der Waals surface area contributed by atoms with E-state index in [0.29, 0.717) is 23.8 Å². The van der Waals surface area contributed by atoms with E-state index in [1.807, 2.05) is 11.0 Å². The van der Waals surface area contributed by atoms with Crippen LogP contribution in [-0.4, -0.2) is 65.0 Å². The van der Waals surface area contributed by atoms with E-state index in [9.17, 15) is 9.59 Å². The van der Waals surface area contributed by atoms with Gasteiger partial charge in [-0.3, -0.25) is 14.5 Å². The van der Waals surface area contributed by atoms with Gasteiger partial charge < -0.3 is 14.7 Å². The molecule has 1 aromatic heterocycles. The highest BCUT2D eigenvalue weighted by molar-refractivity contribution is 5.91. The lowest BCUT2D eigenvalue weighted by atomic mass is 9.93. The lowest BCUT2D eigenvalue weighted by Crippen LogP contribution is -2.51. The zero-order valence-electron chi connectivity index (χ0n) is 16.4. The molecule has 2 aliphatic heterocycles. The molecular formula is C21H30N4O3. The maximum Gasteiger partial charge on any atom is 0.292 e. The van der Waals surface area contributed by atoms with Crippen molar-refractivity contribution in [3.05, 3.63) is 17.5 Å². The van der Waals surface area contributed by atoms with E-state index < -0.39 is 0 Å². The molecule has 1 atom stereocenters. The predicted octanol–water partition coefficient (Wildman–Crippen LogP) is 2.15. The molecule has 4 fully saturated rings. The number of carbonyl (C=O) groups excluding carboxylic acids is 2. The van der Waals surface area contributed by atoms with Crippen LogP contribution in [0.5, 0.6) is 0 Å². The van der Waals surface area contributed by atoms with Gasteiger partial charge in [0, 0.05) is 43.7 Å². The summed E-state index contributed by atoms with van der Waals surface area (Å²) >= 11 is 0. The van der Waals surface area contributed by atoms with E-state index in [1.54, 1.807) is 0 Å². The largest absolute Gasteiger partial charge is 0.353 e. The van der Waals surface area contributed by atoms with Crippen molar-refractivity contribution in [3.63, 3.8) is 0 Å². The zero-order chi connectivity index (χ0) is 19.1. The Balaban J connectivity index is 1.12. The minimum Gasteiger partial charge on any atom is -0.353 e. The number of nitrogens with one attached hydrogen (secondary N) is 1. The van der Waals surface area contributed by atoms with Crippen LogP contribution in [0.25, 0.3) is 0 Å². The van der Waals surface area contributed by atoms with Gasteiger partial charge in [-0.2, -0.15) is 0 Å². The molecule has 0 bridgehead atoms. The van der Waals surface area contributed by atoms with Crippen molar-refractivity contribution in [2.45, 2.75) is 69.4 Å². The Hall–Kier alpha value is -1.89. The van der Waals surface area contributed by atoms with Gasteiger partial charge in [-0.05, 0) is 57.9 Å². The molecule has 1 aromatic rings. The number of rotatable bonds is 5. The Kier molecular flexibility index (Phi) is 4.87. The van der Waals surface area contributed by atoms with Gasteiger partial charge in [-0.1, -0.05) is 5.16 Å². The topological polar surface area (TPSA) is 78.7 Å². The Morgan fingerprint density at radius 1 is 1.04 bits per heavy atom. The fourth-order valence-corrected chi connectivity index (χ4v) is 4.65. The van der Waals surface area contributed by atoms with E-state index in [2.05, 4.69) is 15.4 Å². The summed E-state index contributed by atoms with van der Waals surface area (Å²) in [7, 11) is 0. The van der Waals surface area contributed by atoms with Crippen LogP contribution in [0, 0.1) is 5.92 Å². The highest BCUT2D eigenvalue weighted by Crippen LogP contribution is 2.39. The number of aromatic nitrogens is 1. The second-order valence-electron chi connectivity index (χ2n) is 9.03. The number of amides is 2. The van der Waals surface area contributed by atoms with Crippen molar-refractivity contribution in [2.24, 2.45) is 5.92 Å². The summed E-state index contributed by atoms with van der Waals surface area (Å²) in [6.45, 7) is 3.43. The van der Waals surface area contributed by atoms with Crippen LogP contribution in [0.4, 0.5) is 0 Å². The summed E-state index contributed by atoms with van der Waals surface area (Å²) in [5, 5.41) is 7.23. The Labute approximate surface area is 165 Å². The molecular weight excluding hydrogens is 356 g/mol. The molecule has 2 amide bonds. The Morgan fingerprint density at radius 2 is 1.82 bits per heavy atom. The van der Waals surface area contributed by atoms with Crippen LogP contribution in [-0.2, 0) is 4.79 Å². The first-order chi connectivity index (χ1) is 13.7. The highest BCUT2D eigenvalue weighted by Gasteiger charge is 2.35. The molecule has 0 radical (unpaired) electrons. The highest BCUT2D eigenvalue weighted by atomic mass is 16.5. The number of carbonyl (C=O) groups is 2. The molecule has 3 heterocycles. The SMILES string of the molecule is O=C(NC1CC1)C1CCCN(C2CCN(C(=O)c3cc(C4CC4)no3)CC2)C1. The Bertz CT molecular complexity index is 732. The minimum absolute atomic E-state index is 0.0295. The van der Waals surface area contributed by atoms with Gasteiger partial charge in [0.05, 0.1) is 11.6 Å². The smallest absolute Gasteiger partial charge is 0.292 e. The van der Waals surface area contributed by atoms with Crippen molar-refractivity contribution in [1.82, 2.24) is 20.3 Å². The third-order valence-corrected chi connectivity index (χ3v) is 6.75. The first kappa shape index (κ1) is 18.2. The number of nitrogens with zero attached hydrogens (tertiary/aromatic N) is 3. The third-order valence-electron chi connectivity index (χ3n) is 6.75. The van der Waals surface area contributed by atoms with Crippen LogP contribution in [0.2, 0.25) is 0 Å². The van der Waals surface area contributed by atoms with Crippen molar-refractivity contribution < 1.29 is 14.1 Å². The molecule has 2 saturated heterocycles. The summed E-state index contributed by atoms with van der Waals surface area (Å²) in [4.78, 5) is 29.5. The molecule has 4 aliphatic rings. The molecule has 152 valence electrons. The molecule has 7 heteroatoms. The van der Waals surface area contributed by atoms with Crippen molar-refractivity contribution in [2.75, 3.05) is 26.2 Å². The first-order valence-electron chi connectivity index (χ1n) is 11.0. The van der Waals surface area contributed by atoms with Crippen LogP contribution in [0.1, 0.15) is 73.5 Å². The van der Waals surface area contributed by atoms with Gasteiger partial charge in [-0.25, -0.2) is 0 Å². The van der Waals surface area contributed by atoms with Gasteiger partial charge in [-0.15, -0.1) is 0 Å². The normalized spacial score (nSPS) is 27.0. The van der Waals surface area contributed by atoms with Crippen molar-refractivity contribution in [1.29, 1.82) is 0 Å². The average Bonchev–Trinajstić information content (AvgIpc) is 3.68. The van der Waals surface area contributed by atoms with Gasteiger partial charge >= 0.3 is 0 Å². The quantitative estimate of drug-likeness (QED) is 0.839. The lowest BCUT2D eigenvalue weighted by Gasteiger charge is -2.41. The van der Waals surface area contributed by atoms with Crippen LogP contribution in [0.3, 0.4) is 0 Å². The second kappa shape index (κ2) is 7.50. The molecule has 28 heavy (non-hydrogen) atoms. The van der Waals surface area contributed by atoms with Gasteiger partial charge in [0.2, 0.25) is 11.7 Å². The van der Waals surface area contributed by atoms with E-state index in [0.717, 1.165) is 83.2 Å². The number of hydrogen-bond acceptors (Lipinski definition) is 5. The maximum absolute atomic E-state index is 12.7. The van der Waals surface area contributed by atoms with E-state index in [1.165, 1.54) is 0 Å². The fourth-order valence-electron chi connectivity index (χ4n) is 4.65. The molecule has 7 nitrogen and oxygen atoms in total. The summed E-state index contributed by atoms with van der Waals surface area (Å²) < 4.78 is 5.31. The van der Waals surface area contributed by atoms with E-state index in [4.69, 9.17) is 4.52 Å². The second-order valence-corrected chi connectivity index (χ2v) is 9.03. The summed E-state index contributed by atoms with van der Waals surface area (Å²) in [5.41, 5.74) is 0.932. The fraction of sp³-hybridized carbons (Fsp3) is 0.762. The average molecular weight is 386 g/mol. The molecule has 2 saturated carbocycles. The number of hydrogen-bond donors (Lipinski definition) is 1. The minimum atomic E-state index is -0.0295. The molecule has 0 aromatic carbocycles. The molecule has 5 rings (SSSR count). The molecule has 2 aliphatic carbocycles. The molecule has 0 spiro atoms. The summed E-state index contributed by atoms with van der Waals surface area (Å²) in [5.74, 6) is 1.23. The third kappa shape index (κ3) is 3.95. The van der Waals surface area contributed by atoms with Gasteiger partial charge in [0.15, 0.2) is 0 Å². The monoisotopic (exact) mass is 386 g/mol. The van der Waals surface area contributed by atoms with Crippen LogP contribution < -0.4 is 5.32 Å².